The van der Waals surface area contributed by atoms with Gasteiger partial charge in [-0.3, -0.25) is 4.79 Å². The minimum atomic E-state index is -0.676. The van der Waals surface area contributed by atoms with Gasteiger partial charge < -0.3 is 5.11 Å². The van der Waals surface area contributed by atoms with E-state index in [1.54, 1.807) is 0 Å². The second-order valence-electron chi connectivity index (χ2n) is 5.84. The number of hydrogen-bond donors (Lipinski definition) is 1. The van der Waals surface area contributed by atoms with Crippen molar-refractivity contribution in [3.05, 3.63) is 23.3 Å². The summed E-state index contributed by atoms with van der Waals surface area (Å²) >= 11 is 0. The number of aliphatic carboxylic acids is 1. The van der Waals surface area contributed by atoms with Crippen LogP contribution in [0.3, 0.4) is 0 Å². The average molecular weight is 264 g/mol. The molecule has 0 saturated heterocycles. The van der Waals surface area contributed by atoms with Crippen molar-refractivity contribution in [1.82, 2.24) is 0 Å². The van der Waals surface area contributed by atoms with E-state index in [2.05, 4.69) is 32.9 Å². The zero-order valence-corrected chi connectivity index (χ0v) is 12.6. The highest BCUT2D eigenvalue weighted by Crippen LogP contribution is 2.35. The van der Waals surface area contributed by atoms with E-state index in [1.165, 1.54) is 30.4 Å². The molecule has 0 aromatic heterocycles. The Morgan fingerprint density at radius 3 is 2.89 bits per heavy atom. The fraction of sp³-hybridized carbons (Fsp3) is 0.706. The molecule has 19 heavy (non-hydrogen) atoms. The molecule has 0 saturated carbocycles. The van der Waals surface area contributed by atoms with Crippen LogP contribution in [0.5, 0.6) is 0 Å². The van der Waals surface area contributed by atoms with Gasteiger partial charge >= 0.3 is 5.97 Å². The Balaban J connectivity index is 2.54. The van der Waals surface area contributed by atoms with Crippen LogP contribution >= 0.6 is 0 Å². The number of carboxylic acids is 1. The first-order valence-corrected chi connectivity index (χ1v) is 7.59. The van der Waals surface area contributed by atoms with Gasteiger partial charge in [0.2, 0.25) is 0 Å². The molecule has 0 spiro atoms. The quantitative estimate of drug-likeness (QED) is 0.521. The first kappa shape index (κ1) is 16.0. The SMILES string of the molecule is CCCCC=C(C)C1CC=C(C)C(CCC(=O)O)C1. The maximum atomic E-state index is 10.7. The Morgan fingerprint density at radius 2 is 2.26 bits per heavy atom. The summed E-state index contributed by atoms with van der Waals surface area (Å²) in [5.74, 6) is 0.411. The Bertz CT molecular complexity index is 352. The molecule has 0 aliphatic heterocycles. The molecule has 0 amide bonds. The van der Waals surface area contributed by atoms with Gasteiger partial charge in [0.25, 0.3) is 0 Å². The molecule has 2 heteroatoms. The van der Waals surface area contributed by atoms with Crippen molar-refractivity contribution in [3.8, 4) is 0 Å². The molecule has 1 N–H and O–H groups in total. The van der Waals surface area contributed by atoms with Crippen molar-refractivity contribution in [2.75, 3.05) is 0 Å². The molecule has 1 aliphatic carbocycles. The van der Waals surface area contributed by atoms with Crippen LogP contribution in [0.4, 0.5) is 0 Å². The fourth-order valence-electron chi connectivity index (χ4n) is 2.84. The number of hydrogen-bond acceptors (Lipinski definition) is 1. The standard InChI is InChI=1S/C17H28O2/c1-4-5-6-7-13(2)15-9-8-14(3)16(12-15)10-11-17(18)19/h7-8,15-16H,4-6,9-12H2,1-3H3,(H,18,19). The van der Waals surface area contributed by atoms with Crippen LogP contribution in [0.15, 0.2) is 23.3 Å². The monoisotopic (exact) mass is 264 g/mol. The van der Waals surface area contributed by atoms with E-state index in [9.17, 15) is 4.79 Å². The molecule has 0 bridgehead atoms. The molecule has 1 aliphatic rings. The van der Waals surface area contributed by atoms with E-state index in [-0.39, 0.29) is 0 Å². The number of allylic oxidation sites excluding steroid dienone is 4. The van der Waals surface area contributed by atoms with Gasteiger partial charge in [-0.05, 0) is 51.4 Å². The van der Waals surface area contributed by atoms with Gasteiger partial charge in [-0.2, -0.15) is 0 Å². The summed E-state index contributed by atoms with van der Waals surface area (Å²) in [5.41, 5.74) is 2.89. The molecule has 2 nitrogen and oxygen atoms in total. The van der Waals surface area contributed by atoms with Crippen molar-refractivity contribution in [1.29, 1.82) is 0 Å². The van der Waals surface area contributed by atoms with Crippen molar-refractivity contribution in [2.24, 2.45) is 11.8 Å². The molecule has 0 fully saturated rings. The van der Waals surface area contributed by atoms with E-state index < -0.39 is 5.97 Å². The molecule has 1 rings (SSSR count). The van der Waals surface area contributed by atoms with Gasteiger partial charge in [0.05, 0.1) is 0 Å². The minimum Gasteiger partial charge on any atom is -0.481 e. The van der Waals surface area contributed by atoms with Crippen molar-refractivity contribution in [2.45, 2.75) is 65.7 Å². The van der Waals surface area contributed by atoms with E-state index in [0.717, 1.165) is 19.3 Å². The van der Waals surface area contributed by atoms with Crippen molar-refractivity contribution in [3.63, 3.8) is 0 Å². The smallest absolute Gasteiger partial charge is 0.303 e. The highest BCUT2D eigenvalue weighted by atomic mass is 16.4. The molecule has 2 unspecified atom stereocenters. The van der Waals surface area contributed by atoms with E-state index >= 15 is 0 Å². The predicted octanol–water partition coefficient (Wildman–Crippen LogP) is 4.96. The third-order valence-electron chi connectivity index (χ3n) is 4.31. The largest absolute Gasteiger partial charge is 0.481 e. The molecule has 0 aromatic rings. The summed E-state index contributed by atoms with van der Waals surface area (Å²) in [4.78, 5) is 10.7. The third kappa shape index (κ3) is 5.63. The topological polar surface area (TPSA) is 37.3 Å². The summed E-state index contributed by atoms with van der Waals surface area (Å²) in [7, 11) is 0. The molecular weight excluding hydrogens is 236 g/mol. The van der Waals surface area contributed by atoms with Crippen molar-refractivity contribution >= 4 is 5.97 Å². The maximum absolute atomic E-state index is 10.7. The second kappa shape index (κ2) is 8.19. The van der Waals surface area contributed by atoms with Crippen LogP contribution in [-0.4, -0.2) is 11.1 Å². The van der Waals surface area contributed by atoms with Crippen LogP contribution < -0.4 is 0 Å². The number of carbonyl (C=O) groups is 1. The Morgan fingerprint density at radius 1 is 1.53 bits per heavy atom. The molecular formula is C17H28O2. The zero-order valence-electron chi connectivity index (χ0n) is 12.6. The lowest BCUT2D eigenvalue weighted by Crippen LogP contribution is -2.17. The lowest BCUT2D eigenvalue weighted by atomic mass is 9.76. The van der Waals surface area contributed by atoms with Crippen molar-refractivity contribution < 1.29 is 9.90 Å². The molecule has 0 radical (unpaired) electrons. The summed E-state index contributed by atoms with van der Waals surface area (Å²) in [6, 6.07) is 0. The lowest BCUT2D eigenvalue weighted by Gasteiger charge is -2.29. The second-order valence-corrected chi connectivity index (χ2v) is 5.84. The fourth-order valence-corrected chi connectivity index (χ4v) is 2.84. The van der Waals surface area contributed by atoms with Gasteiger partial charge in [0.15, 0.2) is 0 Å². The van der Waals surface area contributed by atoms with Crippen LogP contribution in [0.25, 0.3) is 0 Å². The molecule has 0 aromatic carbocycles. The lowest BCUT2D eigenvalue weighted by molar-refractivity contribution is -0.137. The third-order valence-corrected chi connectivity index (χ3v) is 4.31. The molecule has 0 heterocycles. The maximum Gasteiger partial charge on any atom is 0.303 e. The summed E-state index contributed by atoms with van der Waals surface area (Å²) in [6.07, 6.45) is 11.7. The van der Waals surface area contributed by atoms with E-state index in [4.69, 9.17) is 5.11 Å². The Labute approximate surface area is 117 Å². The van der Waals surface area contributed by atoms with Gasteiger partial charge in [0.1, 0.15) is 0 Å². The van der Waals surface area contributed by atoms with Crippen LogP contribution in [0, 0.1) is 11.8 Å². The highest BCUT2D eigenvalue weighted by Gasteiger charge is 2.23. The van der Waals surface area contributed by atoms with Gasteiger partial charge in [-0.25, -0.2) is 0 Å². The predicted molar refractivity (Wildman–Crippen MR) is 80.1 cm³/mol. The highest BCUT2D eigenvalue weighted by molar-refractivity contribution is 5.66. The Kier molecular flexibility index (Phi) is 6.90. The summed E-state index contributed by atoms with van der Waals surface area (Å²) in [5, 5.41) is 8.82. The van der Waals surface area contributed by atoms with Gasteiger partial charge in [-0.1, -0.05) is 43.1 Å². The van der Waals surface area contributed by atoms with Gasteiger partial charge in [0, 0.05) is 6.42 Å². The Hall–Kier alpha value is -1.05. The minimum absolute atomic E-state index is 0.293. The van der Waals surface area contributed by atoms with E-state index in [0.29, 0.717) is 18.3 Å². The molecule has 108 valence electrons. The number of rotatable bonds is 7. The van der Waals surface area contributed by atoms with E-state index in [1.807, 2.05) is 0 Å². The summed E-state index contributed by atoms with van der Waals surface area (Å²) in [6.45, 7) is 6.61. The summed E-state index contributed by atoms with van der Waals surface area (Å²) < 4.78 is 0. The van der Waals surface area contributed by atoms with Crippen LogP contribution in [-0.2, 0) is 4.79 Å². The molecule has 2 atom stereocenters. The van der Waals surface area contributed by atoms with Gasteiger partial charge in [-0.15, -0.1) is 0 Å². The average Bonchev–Trinajstić information content (AvgIpc) is 2.37. The van der Waals surface area contributed by atoms with Crippen LogP contribution in [0.2, 0.25) is 0 Å². The first-order valence-electron chi connectivity index (χ1n) is 7.59. The zero-order chi connectivity index (χ0) is 14.3. The van der Waals surface area contributed by atoms with Crippen LogP contribution in [0.1, 0.15) is 65.7 Å². The first-order chi connectivity index (χ1) is 9.04. The number of unbranched alkanes of at least 4 members (excludes halogenated alkanes) is 2. The number of carboxylic acid groups (broad SMARTS) is 1. The normalized spacial score (nSPS) is 24.2.